The van der Waals surface area contributed by atoms with Gasteiger partial charge in [0.15, 0.2) is 17.5 Å². The third-order valence-corrected chi connectivity index (χ3v) is 10.1. The molecule has 0 radical (unpaired) electrons. The molecule has 0 saturated carbocycles. The fraction of sp³-hybridized carbons (Fsp3) is 0. The first-order chi connectivity index (χ1) is 25.7. The summed E-state index contributed by atoms with van der Waals surface area (Å²) in [7, 11) is 0. The first kappa shape index (κ1) is 28.7. The molecule has 0 saturated heterocycles. The number of para-hydroxylation sites is 2. The third kappa shape index (κ3) is 4.53. The minimum atomic E-state index is 0.575. The normalized spacial score (nSPS) is 11.8. The van der Waals surface area contributed by atoms with Gasteiger partial charge in [0.1, 0.15) is 22.3 Å². The average Bonchev–Trinajstić information content (AvgIpc) is 3.78. The summed E-state index contributed by atoms with van der Waals surface area (Å²) in [5, 5.41) is 8.94. The SMILES string of the molecule is c1ccc(-c2nc(-c3ccc4oc5ccccc5c4c3)nc(-c3cc(-c4ccc5c(ccc6ccccc65)c4)cc4oc5ccccc5c34)n2)cc1. The zero-order valence-corrected chi connectivity index (χ0v) is 27.7. The predicted molar refractivity (Wildman–Crippen MR) is 211 cm³/mol. The molecule has 0 atom stereocenters. The topological polar surface area (TPSA) is 65.0 Å². The van der Waals surface area contributed by atoms with E-state index in [9.17, 15) is 0 Å². The molecular formula is C47H27N3O2. The Labute approximate surface area is 297 Å². The van der Waals surface area contributed by atoms with Crippen LogP contribution >= 0.6 is 0 Å². The van der Waals surface area contributed by atoms with E-state index in [0.717, 1.165) is 71.7 Å². The van der Waals surface area contributed by atoms with E-state index in [0.29, 0.717) is 17.5 Å². The molecule has 11 aromatic rings. The molecule has 0 aliphatic rings. The number of nitrogens with zero attached hydrogens (tertiary/aromatic N) is 3. The number of benzene rings is 8. The fourth-order valence-electron chi connectivity index (χ4n) is 7.60. The highest BCUT2D eigenvalue weighted by atomic mass is 16.3. The molecule has 0 N–H and O–H groups in total. The van der Waals surface area contributed by atoms with Crippen LogP contribution in [0.2, 0.25) is 0 Å². The monoisotopic (exact) mass is 665 g/mol. The molecule has 5 heteroatoms. The molecule has 0 spiro atoms. The molecular weight excluding hydrogens is 639 g/mol. The van der Waals surface area contributed by atoms with Gasteiger partial charge in [-0.05, 0) is 81.2 Å². The Morgan fingerprint density at radius 1 is 0.308 bits per heavy atom. The molecule has 0 unspecified atom stereocenters. The van der Waals surface area contributed by atoms with Crippen LogP contribution in [0.15, 0.2) is 173 Å². The van der Waals surface area contributed by atoms with Crippen molar-refractivity contribution in [3.63, 3.8) is 0 Å². The highest BCUT2D eigenvalue weighted by molar-refractivity contribution is 6.14. The Balaban J connectivity index is 1.17. The van der Waals surface area contributed by atoms with Crippen molar-refractivity contribution in [1.29, 1.82) is 0 Å². The molecule has 52 heavy (non-hydrogen) atoms. The first-order valence-electron chi connectivity index (χ1n) is 17.3. The average molecular weight is 666 g/mol. The largest absolute Gasteiger partial charge is 0.456 e. The predicted octanol–water partition coefficient (Wildman–Crippen LogP) is 12.6. The molecule has 0 amide bonds. The van der Waals surface area contributed by atoms with Gasteiger partial charge in [0, 0.05) is 38.2 Å². The van der Waals surface area contributed by atoms with E-state index in [4.69, 9.17) is 23.8 Å². The molecule has 3 heterocycles. The van der Waals surface area contributed by atoms with Gasteiger partial charge >= 0.3 is 0 Å². The maximum atomic E-state index is 6.55. The standard InChI is InChI=1S/C47H27N3O2/c1-2-11-29(12-3-1)45-48-46(32-21-23-42-38(25-32)36-14-6-8-16-40(36)51-42)50-47(49-45)39-26-33(27-43-44(39)37-15-7-9-17-41(37)52-43)30-20-22-35-31(24-30)19-18-28-10-4-5-13-34(28)35/h1-27H. The van der Waals surface area contributed by atoms with Crippen molar-refractivity contribution in [2.24, 2.45) is 0 Å². The number of fused-ring (bicyclic) bond motifs is 9. The summed E-state index contributed by atoms with van der Waals surface area (Å²) in [6.07, 6.45) is 0. The van der Waals surface area contributed by atoms with Crippen molar-refractivity contribution >= 4 is 65.4 Å². The summed E-state index contributed by atoms with van der Waals surface area (Å²) in [5.41, 5.74) is 8.05. The van der Waals surface area contributed by atoms with Crippen LogP contribution in [0.25, 0.3) is 111 Å². The Morgan fingerprint density at radius 3 is 1.79 bits per heavy atom. The maximum absolute atomic E-state index is 6.55. The molecule has 0 aliphatic heterocycles. The number of hydrogen-bond acceptors (Lipinski definition) is 5. The lowest BCUT2D eigenvalue weighted by Crippen LogP contribution is -2.00. The zero-order valence-electron chi connectivity index (χ0n) is 27.7. The second kappa shape index (κ2) is 11.2. The minimum absolute atomic E-state index is 0.575. The van der Waals surface area contributed by atoms with Gasteiger partial charge < -0.3 is 8.83 Å². The third-order valence-electron chi connectivity index (χ3n) is 10.1. The number of rotatable bonds is 4. The summed E-state index contributed by atoms with van der Waals surface area (Å²) < 4.78 is 12.7. The van der Waals surface area contributed by atoms with Crippen LogP contribution in [-0.2, 0) is 0 Å². The van der Waals surface area contributed by atoms with E-state index >= 15 is 0 Å². The second-order valence-corrected chi connectivity index (χ2v) is 13.2. The quantitative estimate of drug-likeness (QED) is 0.175. The lowest BCUT2D eigenvalue weighted by molar-refractivity contribution is 0.668. The molecule has 0 bridgehead atoms. The smallest absolute Gasteiger partial charge is 0.164 e. The van der Waals surface area contributed by atoms with Crippen molar-refractivity contribution in [2.75, 3.05) is 0 Å². The van der Waals surface area contributed by atoms with Gasteiger partial charge in [0.2, 0.25) is 0 Å². The fourth-order valence-corrected chi connectivity index (χ4v) is 7.60. The first-order valence-corrected chi connectivity index (χ1v) is 17.3. The van der Waals surface area contributed by atoms with Crippen molar-refractivity contribution < 1.29 is 8.83 Å². The van der Waals surface area contributed by atoms with Crippen molar-refractivity contribution in [1.82, 2.24) is 15.0 Å². The van der Waals surface area contributed by atoms with Crippen LogP contribution in [0.3, 0.4) is 0 Å². The van der Waals surface area contributed by atoms with Gasteiger partial charge in [-0.2, -0.15) is 0 Å². The molecule has 0 fully saturated rings. The van der Waals surface area contributed by atoms with Gasteiger partial charge in [-0.3, -0.25) is 0 Å². The summed E-state index contributed by atoms with van der Waals surface area (Å²) in [4.78, 5) is 15.5. The number of furan rings is 2. The van der Waals surface area contributed by atoms with Crippen LogP contribution in [0.5, 0.6) is 0 Å². The molecule has 5 nitrogen and oxygen atoms in total. The van der Waals surface area contributed by atoms with E-state index in [1.54, 1.807) is 0 Å². The van der Waals surface area contributed by atoms with Crippen LogP contribution in [0.1, 0.15) is 0 Å². The van der Waals surface area contributed by atoms with Crippen LogP contribution in [0, 0.1) is 0 Å². The van der Waals surface area contributed by atoms with E-state index in [1.807, 2.05) is 78.9 Å². The van der Waals surface area contributed by atoms with Crippen molar-refractivity contribution in [3.8, 4) is 45.3 Å². The van der Waals surface area contributed by atoms with E-state index in [2.05, 4.69) is 84.9 Å². The van der Waals surface area contributed by atoms with Gasteiger partial charge in [0.25, 0.3) is 0 Å². The summed E-state index contributed by atoms with van der Waals surface area (Å²) in [6.45, 7) is 0. The Hall–Kier alpha value is -7.11. The van der Waals surface area contributed by atoms with Crippen LogP contribution in [-0.4, -0.2) is 15.0 Å². The molecule has 3 aromatic heterocycles. The summed E-state index contributed by atoms with van der Waals surface area (Å²) in [6, 6.07) is 56.4. The maximum Gasteiger partial charge on any atom is 0.164 e. The van der Waals surface area contributed by atoms with Gasteiger partial charge in [-0.1, -0.05) is 115 Å². The Morgan fingerprint density at radius 2 is 0.923 bits per heavy atom. The van der Waals surface area contributed by atoms with Crippen LogP contribution in [0.4, 0.5) is 0 Å². The zero-order chi connectivity index (χ0) is 34.2. The van der Waals surface area contributed by atoms with Crippen molar-refractivity contribution in [2.45, 2.75) is 0 Å². The van der Waals surface area contributed by atoms with Crippen molar-refractivity contribution in [3.05, 3.63) is 164 Å². The Kier molecular flexibility index (Phi) is 6.18. The van der Waals surface area contributed by atoms with E-state index in [-0.39, 0.29) is 0 Å². The van der Waals surface area contributed by atoms with E-state index < -0.39 is 0 Å². The van der Waals surface area contributed by atoms with E-state index in [1.165, 1.54) is 21.5 Å². The molecule has 8 aromatic carbocycles. The highest BCUT2D eigenvalue weighted by Gasteiger charge is 2.20. The summed E-state index contributed by atoms with van der Waals surface area (Å²) >= 11 is 0. The molecule has 11 rings (SSSR count). The van der Waals surface area contributed by atoms with Gasteiger partial charge in [0.05, 0.1) is 0 Å². The molecule has 0 aliphatic carbocycles. The lowest BCUT2D eigenvalue weighted by atomic mass is 9.95. The summed E-state index contributed by atoms with van der Waals surface area (Å²) in [5.74, 6) is 1.76. The number of aromatic nitrogens is 3. The minimum Gasteiger partial charge on any atom is -0.456 e. The van der Waals surface area contributed by atoms with Gasteiger partial charge in [-0.25, -0.2) is 15.0 Å². The van der Waals surface area contributed by atoms with Crippen LogP contribution < -0.4 is 0 Å². The molecule has 242 valence electrons. The van der Waals surface area contributed by atoms with Gasteiger partial charge in [-0.15, -0.1) is 0 Å². The Bertz CT molecular complexity index is 3190. The number of hydrogen-bond donors (Lipinski definition) is 0. The lowest BCUT2D eigenvalue weighted by Gasteiger charge is -2.12. The highest BCUT2D eigenvalue weighted by Crippen LogP contribution is 2.41. The second-order valence-electron chi connectivity index (χ2n) is 13.2.